The quantitative estimate of drug-likeness (QED) is 0.473. The molecule has 0 aromatic carbocycles. The summed E-state index contributed by atoms with van der Waals surface area (Å²) in [5.41, 5.74) is -1.99. The fourth-order valence-electron chi connectivity index (χ4n) is 2.97. The van der Waals surface area contributed by atoms with Crippen LogP contribution in [0, 0.1) is 23.7 Å². The Labute approximate surface area is 142 Å². The van der Waals surface area contributed by atoms with Gasteiger partial charge in [0.1, 0.15) is 11.2 Å². The zero-order valence-electron chi connectivity index (χ0n) is 15.7. The summed E-state index contributed by atoms with van der Waals surface area (Å²) in [6.45, 7) is 11.2. The molecule has 1 aliphatic heterocycles. The summed E-state index contributed by atoms with van der Waals surface area (Å²) in [7, 11) is 0. The number of ether oxygens (including phenoxy) is 1. The first-order valence-electron chi connectivity index (χ1n) is 9.40. The monoisotopic (exact) mass is 324 g/mol. The van der Waals surface area contributed by atoms with Gasteiger partial charge in [0.15, 0.2) is 0 Å². The summed E-state index contributed by atoms with van der Waals surface area (Å²) in [5, 5.41) is 21.6. The fourth-order valence-corrected chi connectivity index (χ4v) is 2.97. The maximum absolute atomic E-state index is 10.9. The van der Waals surface area contributed by atoms with E-state index in [1.54, 1.807) is 0 Å². The molecule has 5 unspecified atom stereocenters. The minimum Gasteiger partial charge on any atom is -0.378 e. The Hall–Kier alpha value is -0.560. The fraction of sp³-hybridized carbons (Fsp3) is 0.900. The van der Waals surface area contributed by atoms with E-state index in [4.69, 9.17) is 4.74 Å². The Kier molecular flexibility index (Phi) is 8.07. The van der Waals surface area contributed by atoms with E-state index in [9.17, 15) is 10.2 Å². The molecule has 23 heavy (non-hydrogen) atoms. The minimum absolute atomic E-state index is 0.381. The zero-order chi connectivity index (χ0) is 17.5. The lowest BCUT2D eigenvalue weighted by Gasteiger charge is -2.28. The Bertz CT molecular complexity index is 407. The van der Waals surface area contributed by atoms with Crippen LogP contribution in [-0.2, 0) is 4.74 Å². The van der Waals surface area contributed by atoms with Crippen LogP contribution < -0.4 is 0 Å². The molecule has 0 aliphatic carbocycles. The Morgan fingerprint density at radius 1 is 1.00 bits per heavy atom. The van der Waals surface area contributed by atoms with Gasteiger partial charge < -0.3 is 14.9 Å². The third kappa shape index (κ3) is 7.25. The van der Waals surface area contributed by atoms with Crippen LogP contribution in [0.3, 0.4) is 0 Å². The van der Waals surface area contributed by atoms with Crippen LogP contribution in [-0.4, -0.2) is 34.1 Å². The van der Waals surface area contributed by atoms with Crippen molar-refractivity contribution in [1.82, 2.24) is 0 Å². The van der Waals surface area contributed by atoms with Crippen molar-refractivity contribution in [3.8, 4) is 11.8 Å². The largest absolute Gasteiger partial charge is 0.378 e. The van der Waals surface area contributed by atoms with E-state index in [0.717, 1.165) is 25.9 Å². The third-order valence-electron chi connectivity index (χ3n) is 5.28. The highest BCUT2D eigenvalue weighted by Crippen LogP contribution is 2.30. The summed E-state index contributed by atoms with van der Waals surface area (Å²) in [6, 6.07) is 0. The molecule has 0 spiro atoms. The van der Waals surface area contributed by atoms with Gasteiger partial charge in [-0.2, -0.15) is 0 Å². The molecule has 1 rings (SSSR count). The average Bonchev–Trinajstić information content (AvgIpc) is 3.36. The zero-order valence-corrected chi connectivity index (χ0v) is 15.7. The molecule has 0 radical (unpaired) electrons. The van der Waals surface area contributed by atoms with Gasteiger partial charge in [-0.1, -0.05) is 59.3 Å². The molecule has 5 atom stereocenters. The van der Waals surface area contributed by atoms with Gasteiger partial charge in [0, 0.05) is 0 Å². The standard InChI is InChI=1S/C20H36O3/c1-6-16(5)13-19(21,8-3)10-11-20(22,9-4)14-17(7-2)12-18-15-23-18/h16-18,21-22H,6-9,12-15H2,1-5H3. The van der Waals surface area contributed by atoms with Crippen LogP contribution >= 0.6 is 0 Å². The highest BCUT2D eigenvalue weighted by molar-refractivity contribution is 5.21. The van der Waals surface area contributed by atoms with Gasteiger partial charge in [0.05, 0.1) is 12.7 Å². The predicted octanol–water partition coefficient (Wildman–Crippen LogP) is 3.91. The second kappa shape index (κ2) is 9.06. The Morgan fingerprint density at radius 3 is 1.91 bits per heavy atom. The minimum atomic E-state index is -1.01. The van der Waals surface area contributed by atoms with Gasteiger partial charge in [0.2, 0.25) is 0 Å². The molecule has 1 heterocycles. The molecule has 0 amide bonds. The molecule has 0 saturated carbocycles. The molecule has 1 saturated heterocycles. The van der Waals surface area contributed by atoms with Gasteiger partial charge >= 0.3 is 0 Å². The summed E-state index contributed by atoms with van der Waals surface area (Å²) in [4.78, 5) is 0. The van der Waals surface area contributed by atoms with Crippen LogP contribution in [0.4, 0.5) is 0 Å². The van der Waals surface area contributed by atoms with E-state index in [1.165, 1.54) is 0 Å². The summed E-state index contributed by atoms with van der Waals surface area (Å²) >= 11 is 0. The maximum atomic E-state index is 10.9. The lowest BCUT2D eigenvalue weighted by molar-refractivity contribution is 0.0562. The molecule has 3 heteroatoms. The van der Waals surface area contributed by atoms with Gasteiger partial charge in [-0.3, -0.25) is 0 Å². The lowest BCUT2D eigenvalue weighted by Crippen LogP contribution is -2.33. The van der Waals surface area contributed by atoms with Crippen molar-refractivity contribution in [3.05, 3.63) is 0 Å². The van der Waals surface area contributed by atoms with Crippen molar-refractivity contribution in [3.63, 3.8) is 0 Å². The molecule has 0 aromatic heterocycles. The SMILES string of the molecule is CCC(C)CC(O)(C#CC(O)(CC)CC(CC)CC1CO1)CC. The van der Waals surface area contributed by atoms with Gasteiger partial charge in [0.25, 0.3) is 0 Å². The first-order valence-corrected chi connectivity index (χ1v) is 9.40. The second-order valence-corrected chi connectivity index (χ2v) is 7.41. The van der Waals surface area contributed by atoms with Crippen molar-refractivity contribution in [2.24, 2.45) is 11.8 Å². The highest BCUT2D eigenvalue weighted by Gasteiger charge is 2.32. The Morgan fingerprint density at radius 2 is 1.52 bits per heavy atom. The molecule has 1 fully saturated rings. The third-order valence-corrected chi connectivity index (χ3v) is 5.28. The molecule has 2 N–H and O–H groups in total. The molecule has 1 aliphatic rings. The topological polar surface area (TPSA) is 53.0 Å². The molecule has 0 bridgehead atoms. The van der Waals surface area contributed by atoms with Crippen molar-refractivity contribution in [2.75, 3.05) is 6.61 Å². The number of hydrogen-bond acceptors (Lipinski definition) is 3. The number of hydrogen-bond donors (Lipinski definition) is 2. The molecule has 134 valence electrons. The van der Waals surface area contributed by atoms with Crippen molar-refractivity contribution in [2.45, 2.75) is 96.9 Å². The number of epoxide rings is 1. The second-order valence-electron chi connectivity index (χ2n) is 7.41. The first kappa shape index (κ1) is 20.5. The van der Waals surface area contributed by atoms with E-state index >= 15 is 0 Å². The molecule has 3 nitrogen and oxygen atoms in total. The van der Waals surface area contributed by atoms with E-state index in [1.807, 2.05) is 13.8 Å². The average molecular weight is 325 g/mol. The smallest absolute Gasteiger partial charge is 0.125 e. The summed E-state index contributed by atoms with van der Waals surface area (Å²) < 4.78 is 5.32. The lowest BCUT2D eigenvalue weighted by atomic mass is 9.83. The van der Waals surface area contributed by atoms with Crippen LogP contribution in [0.1, 0.15) is 79.6 Å². The van der Waals surface area contributed by atoms with Crippen LogP contribution in [0.15, 0.2) is 0 Å². The van der Waals surface area contributed by atoms with E-state index in [0.29, 0.717) is 43.6 Å². The van der Waals surface area contributed by atoms with E-state index in [2.05, 4.69) is 32.6 Å². The number of aliphatic hydroxyl groups is 2. The van der Waals surface area contributed by atoms with Gasteiger partial charge in [-0.15, -0.1) is 0 Å². The van der Waals surface area contributed by atoms with E-state index in [-0.39, 0.29) is 0 Å². The molecule has 0 aromatic rings. The van der Waals surface area contributed by atoms with Crippen molar-refractivity contribution < 1.29 is 14.9 Å². The summed E-state index contributed by atoms with van der Waals surface area (Å²) in [6.07, 6.45) is 5.95. The van der Waals surface area contributed by atoms with Crippen LogP contribution in [0.2, 0.25) is 0 Å². The van der Waals surface area contributed by atoms with E-state index < -0.39 is 11.2 Å². The summed E-state index contributed by atoms with van der Waals surface area (Å²) in [5.74, 6) is 6.92. The molecular weight excluding hydrogens is 288 g/mol. The van der Waals surface area contributed by atoms with Gasteiger partial charge in [-0.25, -0.2) is 0 Å². The van der Waals surface area contributed by atoms with Crippen LogP contribution in [0.25, 0.3) is 0 Å². The van der Waals surface area contributed by atoms with Crippen LogP contribution in [0.5, 0.6) is 0 Å². The normalized spacial score (nSPS) is 24.7. The maximum Gasteiger partial charge on any atom is 0.125 e. The van der Waals surface area contributed by atoms with Crippen molar-refractivity contribution in [1.29, 1.82) is 0 Å². The predicted molar refractivity (Wildman–Crippen MR) is 95.1 cm³/mol. The van der Waals surface area contributed by atoms with Crippen molar-refractivity contribution >= 4 is 0 Å². The van der Waals surface area contributed by atoms with Gasteiger partial charge in [-0.05, 0) is 43.9 Å². The highest BCUT2D eigenvalue weighted by atomic mass is 16.6. The Balaban J connectivity index is 2.77. The first-order chi connectivity index (χ1) is 10.8. The number of rotatable bonds is 10. The molecular formula is C20H36O3.